The lowest BCUT2D eigenvalue weighted by molar-refractivity contribution is -0.153. The molecule has 1 aromatic carbocycles. The van der Waals surface area contributed by atoms with E-state index in [1.54, 1.807) is 0 Å². The summed E-state index contributed by atoms with van der Waals surface area (Å²) in [5.74, 6) is -2.56. The summed E-state index contributed by atoms with van der Waals surface area (Å²) in [6.07, 6.45) is -1.74. The number of carbonyl (C=O) groups is 2. The monoisotopic (exact) mass is 594 g/mol. The average molecular weight is 595 g/mol. The van der Waals surface area contributed by atoms with Crippen molar-refractivity contribution in [2.24, 2.45) is 0 Å². The Hall–Kier alpha value is -3.53. The lowest BCUT2D eigenvalue weighted by atomic mass is 9.91. The number of halogens is 5. The van der Waals surface area contributed by atoms with Crippen LogP contribution in [0.2, 0.25) is 0 Å². The Morgan fingerprint density at radius 3 is 2.70 bits per heavy atom. The SMILES string of the molecule is C=CCc1cc(OCC(F)(F)F)ccc1[C@H]1Cc2nn(CCCOC(F)F)c(NC(=O)CS(C)(=O)=O)c2C(=O)N1. The number of nitrogens with one attached hydrogen (secondary N) is 2. The first kappa shape index (κ1) is 31.0. The molecular weight excluding hydrogens is 567 g/mol. The quantitative estimate of drug-likeness (QED) is 0.207. The fourth-order valence-electron chi connectivity index (χ4n) is 4.15. The Morgan fingerprint density at radius 2 is 2.08 bits per heavy atom. The van der Waals surface area contributed by atoms with Crippen molar-refractivity contribution in [1.29, 1.82) is 0 Å². The summed E-state index contributed by atoms with van der Waals surface area (Å²) in [5.41, 5.74) is 1.33. The minimum absolute atomic E-state index is 0.0214. The van der Waals surface area contributed by atoms with Crippen LogP contribution in [0.4, 0.5) is 27.8 Å². The maximum absolute atomic E-state index is 13.2. The van der Waals surface area contributed by atoms with Gasteiger partial charge in [-0.25, -0.2) is 13.1 Å². The van der Waals surface area contributed by atoms with Crippen molar-refractivity contribution in [1.82, 2.24) is 15.1 Å². The van der Waals surface area contributed by atoms with Crippen molar-refractivity contribution in [2.45, 2.75) is 44.6 Å². The van der Waals surface area contributed by atoms with Gasteiger partial charge in [-0.3, -0.25) is 9.59 Å². The van der Waals surface area contributed by atoms with E-state index in [0.717, 1.165) is 6.26 Å². The summed E-state index contributed by atoms with van der Waals surface area (Å²) >= 11 is 0. The standard InChI is InChI=1S/C24H27F5N4O6S/c1-3-5-14-10-15(39-13-24(27,28)29)6-7-16(14)17-11-18-20(22(35)30-17)21(31-19(34)12-40(2,36)37)33(32-18)8-4-9-38-23(25)26/h3,6-7,10,17,23H,1,4-5,8-9,11-13H2,2H3,(H,30,35)(H,31,34)/t17-/m1/s1. The highest BCUT2D eigenvalue weighted by Gasteiger charge is 2.34. The minimum Gasteiger partial charge on any atom is -0.484 e. The second-order valence-electron chi connectivity index (χ2n) is 8.98. The van der Waals surface area contributed by atoms with E-state index in [2.05, 4.69) is 27.0 Å². The predicted octanol–water partition coefficient (Wildman–Crippen LogP) is 3.19. The largest absolute Gasteiger partial charge is 0.484 e. The molecule has 3 rings (SSSR count). The number of fused-ring (bicyclic) bond motifs is 1. The van der Waals surface area contributed by atoms with Gasteiger partial charge in [-0.15, -0.1) is 6.58 Å². The van der Waals surface area contributed by atoms with Crippen molar-refractivity contribution >= 4 is 27.5 Å². The van der Waals surface area contributed by atoms with Gasteiger partial charge in [0.25, 0.3) is 5.91 Å². The second kappa shape index (κ2) is 12.8. The van der Waals surface area contributed by atoms with Crippen LogP contribution in [0.3, 0.4) is 0 Å². The molecule has 2 amide bonds. The highest BCUT2D eigenvalue weighted by Crippen LogP contribution is 2.33. The van der Waals surface area contributed by atoms with Gasteiger partial charge >= 0.3 is 12.8 Å². The third kappa shape index (κ3) is 8.74. The van der Waals surface area contributed by atoms with E-state index in [0.29, 0.717) is 11.1 Å². The second-order valence-corrected chi connectivity index (χ2v) is 11.1. The van der Waals surface area contributed by atoms with Gasteiger partial charge < -0.3 is 20.1 Å². The number of aryl methyl sites for hydroxylation is 1. The van der Waals surface area contributed by atoms with Crippen molar-refractivity contribution < 1.29 is 49.4 Å². The van der Waals surface area contributed by atoms with Crippen LogP contribution < -0.4 is 15.4 Å². The Morgan fingerprint density at radius 1 is 1.35 bits per heavy atom. The Balaban J connectivity index is 1.91. The molecule has 0 unspecified atom stereocenters. The van der Waals surface area contributed by atoms with Crippen LogP contribution in [0.25, 0.3) is 0 Å². The Labute approximate surface area is 226 Å². The maximum Gasteiger partial charge on any atom is 0.422 e. The number of aromatic nitrogens is 2. The van der Waals surface area contributed by atoms with E-state index in [9.17, 15) is 40.0 Å². The third-order valence-electron chi connectivity index (χ3n) is 5.62. The van der Waals surface area contributed by atoms with Gasteiger partial charge in [-0.05, 0) is 36.1 Å². The normalized spacial score (nSPS) is 15.5. The molecule has 0 saturated carbocycles. The predicted molar refractivity (Wildman–Crippen MR) is 133 cm³/mol. The molecule has 220 valence electrons. The molecule has 1 aliphatic heterocycles. The molecule has 10 nitrogen and oxygen atoms in total. The van der Waals surface area contributed by atoms with Crippen molar-refractivity contribution in [2.75, 3.05) is 30.5 Å². The number of anilines is 1. The smallest absolute Gasteiger partial charge is 0.422 e. The topological polar surface area (TPSA) is 129 Å². The van der Waals surface area contributed by atoms with E-state index in [1.165, 1.54) is 29.0 Å². The number of carbonyl (C=O) groups excluding carboxylic acids is 2. The van der Waals surface area contributed by atoms with Crippen molar-refractivity contribution in [3.63, 3.8) is 0 Å². The molecule has 1 atom stereocenters. The Kier molecular flexibility index (Phi) is 9.89. The summed E-state index contributed by atoms with van der Waals surface area (Å²) in [6.45, 7) is -1.19. The molecule has 2 heterocycles. The molecule has 0 radical (unpaired) electrons. The number of amides is 2. The molecule has 40 heavy (non-hydrogen) atoms. The maximum atomic E-state index is 13.2. The van der Waals surface area contributed by atoms with Gasteiger partial charge in [0.15, 0.2) is 16.4 Å². The van der Waals surface area contributed by atoms with Crippen LogP contribution in [0.5, 0.6) is 5.75 Å². The fourth-order valence-corrected chi connectivity index (χ4v) is 4.69. The molecule has 0 fully saturated rings. The number of hydrogen-bond donors (Lipinski definition) is 2. The minimum atomic E-state index is -4.52. The van der Waals surface area contributed by atoms with Gasteiger partial charge in [0.1, 0.15) is 22.9 Å². The van der Waals surface area contributed by atoms with Crippen LogP contribution in [-0.2, 0) is 38.8 Å². The van der Waals surface area contributed by atoms with E-state index in [-0.39, 0.29) is 55.2 Å². The van der Waals surface area contributed by atoms with Gasteiger partial charge in [-0.2, -0.15) is 27.1 Å². The van der Waals surface area contributed by atoms with Crippen LogP contribution in [0.15, 0.2) is 30.9 Å². The highest BCUT2D eigenvalue weighted by atomic mass is 32.2. The van der Waals surface area contributed by atoms with Gasteiger partial charge in [0, 0.05) is 19.2 Å². The number of nitrogens with zero attached hydrogens (tertiary/aromatic N) is 2. The van der Waals surface area contributed by atoms with Gasteiger partial charge in [0.2, 0.25) is 5.91 Å². The molecule has 2 N–H and O–H groups in total. The van der Waals surface area contributed by atoms with E-state index in [1.807, 2.05) is 0 Å². The van der Waals surface area contributed by atoms with Crippen molar-refractivity contribution in [3.8, 4) is 5.75 Å². The lowest BCUT2D eigenvalue weighted by Gasteiger charge is -2.26. The summed E-state index contributed by atoms with van der Waals surface area (Å²) < 4.78 is 95.8. The number of allylic oxidation sites excluding steroid dienone is 1. The number of benzene rings is 1. The van der Waals surface area contributed by atoms with Crippen LogP contribution in [0.1, 0.15) is 39.6 Å². The summed E-state index contributed by atoms with van der Waals surface area (Å²) in [5, 5.41) is 9.54. The number of sulfone groups is 1. The van der Waals surface area contributed by atoms with E-state index >= 15 is 0 Å². The first-order chi connectivity index (χ1) is 18.7. The molecule has 0 saturated heterocycles. The molecule has 0 bridgehead atoms. The molecule has 0 aliphatic carbocycles. The average Bonchev–Trinajstić information content (AvgIpc) is 3.16. The summed E-state index contributed by atoms with van der Waals surface area (Å²) in [4.78, 5) is 25.6. The molecule has 1 aliphatic rings. The third-order valence-corrected chi connectivity index (χ3v) is 6.41. The van der Waals surface area contributed by atoms with E-state index < -0.39 is 52.8 Å². The number of hydrogen-bond acceptors (Lipinski definition) is 7. The Bertz CT molecular complexity index is 1360. The summed E-state index contributed by atoms with van der Waals surface area (Å²) in [6, 6.07) is 3.61. The van der Waals surface area contributed by atoms with Crippen molar-refractivity contribution in [3.05, 3.63) is 53.2 Å². The number of rotatable bonds is 13. The first-order valence-electron chi connectivity index (χ1n) is 11.9. The van der Waals surface area contributed by atoms with Gasteiger partial charge in [-0.1, -0.05) is 12.1 Å². The zero-order valence-electron chi connectivity index (χ0n) is 21.3. The lowest BCUT2D eigenvalue weighted by Crippen LogP contribution is -2.36. The fraction of sp³-hybridized carbons (Fsp3) is 0.458. The van der Waals surface area contributed by atoms with Gasteiger partial charge in [0.05, 0.1) is 18.3 Å². The highest BCUT2D eigenvalue weighted by molar-refractivity contribution is 7.91. The molecule has 0 spiro atoms. The molecular formula is C24H27F5N4O6S. The van der Waals surface area contributed by atoms with Crippen LogP contribution in [-0.4, -0.2) is 68.0 Å². The van der Waals surface area contributed by atoms with E-state index in [4.69, 9.17) is 4.74 Å². The zero-order chi connectivity index (χ0) is 29.7. The molecule has 1 aromatic heterocycles. The summed E-state index contributed by atoms with van der Waals surface area (Å²) in [7, 11) is -3.70. The van der Waals surface area contributed by atoms with Crippen LogP contribution >= 0.6 is 0 Å². The first-order valence-corrected chi connectivity index (χ1v) is 13.9. The number of alkyl halides is 5. The molecule has 2 aromatic rings. The number of ether oxygens (including phenoxy) is 2. The zero-order valence-corrected chi connectivity index (χ0v) is 22.1. The van der Waals surface area contributed by atoms with Crippen LogP contribution in [0, 0.1) is 0 Å². The molecule has 16 heteroatoms.